The second-order valence-corrected chi connectivity index (χ2v) is 6.14. The minimum atomic E-state index is 0.691. The van der Waals surface area contributed by atoms with Gasteiger partial charge in [0.15, 0.2) is 5.82 Å². The van der Waals surface area contributed by atoms with Gasteiger partial charge in [0.05, 0.1) is 18.6 Å². The topological polar surface area (TPSA) is 51.1 Å². The van der Waals surface area contributed by atoms with Crippen LogP contribution in [-0.2, 0) is 4.74 Å². The highest BCUT2D eigenvalue weighted by Crippen LogP contribution is 2.33. The van der Waals surface area contributed by atoms with Crippen LogP contribution in [0.1, 0.15) is 5.56 Å². The van der Waals surface area contributed by atoms with Crippen molar-refractivity contribution in [2.45, 2.75) is 6.92 Å². The van der Waals surface area contributed by atoms with E-state index >= 15 is 0 Å². The summed E-state index contributed by atoms with van der Waals surface area (Å²) >= 11 is 1.66. The summed E-state index contributed by atoms with van der Waals surface area (Å²) in [4.78, 5) is 17.2. The van der Waals surface area contributed by atoms with E-state index in [1.165, 1.54) is 5.56 Å². The van der Waals surface area contributed by atoms with Crippen molar-refractivity contribution in [3.05, 3.63) is 35.3 Å². The van der Waals surface area contributed by atoms with E-state index in [0.717, 1.165) is 48.0 Å². The van der Waals surface area contributed by atoms with Crippen LogP contribution in [0, 0.1) is 6.92 Å². The molecule has 1 aliphatic heterocycles. The number of thiophene rings is 1. The minimum Gasteiger partial charge on any atom is -0.378 e. The average molecular weight is 312 g/mol. The number of nitrogens with zero attached hydrogens (tertiary/aromatic N) is 4. The highest BCUT2D eigenvalue weighted by atomic mass is 32.1. The summed E-state index contributed by atoms with van der Waals surface area (Å²) in [5.41, 5.74) is 2.04. The third-order valence-corrected chi connectivity index (χ3v) is 4.79. The van der Waals surface area contributed by atoms with Crippen LogP contribution in [0.2, 0.25) is 0 Å². The van der Waals surface area contributed by atoms with Gasteiger partial charge in [-0.3, -0.25) is 4.98 Å². The molecule has 5 nitrogen and oxygen atoms in total. The lowest BCUT2D eigenvalue weighted by atomic mass is 10.2. The Labute approximate surface area is 132 Å². The molecule has 4 rings (SSSR count). The van der Waals surface area contributed by atoms with Gasteiger partial charge in [-0.25, -0.2) is 9.97 Å². The van der Waals surface area contributed by atoms with Gasteiger partial charge in [0.1, 0.15) is 16.3 Å². The van der Waals surface area contributed by atoms with Gasteiger partial charge in [-0.05, 0) is 30.0 Å². The molecule has 22 heavy (non-hydrogen) atoms. The molecule has 1 saturated heterocycles. The first-order valence-corrected chi connectivity index (χ1v) is 8.21. The van der Waals surface area contributed by atoms with E-state index in [-0.39, 0.29) is 0 Å². The van der Waals surface area contributed by atoms with Crippen LogP contribution in [0.3, 0.4) is 0 Å². The number of ether oxygens (including phenoxy) is 1. The van der Waals surface area contributed by atoms with E-state index in [0.29, 0.717) is 5.82 Å². The zero-order valence-corrected chi connectivity index (χ0v) is 13.1. The summed E-state index contributed by atoms with van der Waals surface area (Å²) < 4.78 is 5.47. The lowest BCUT2D eigenvalue weighted by Gasteiger charge is -2.28. The van der Waals surface area contributed by atoms with Gasteiger partial charge in [-0.15, -0.1) is 11.3 Å². The standard InChI is InChI=1S/C16H16N4OS/c1-11-10-22-16-13(11)15(20-6-8-21-9-7-20)18-14(19-16)12-4-2-3-5-17-12/h2-5,10H,6-9H2,1H3. The number of rotatable bonds is 2. The Balaban J connectivity index is 1.90. The first-order valence-electron chi connectivity index (χ1n) is 7.33. The first-order chi connectivity index (χ1) is 10.8. The highest BCUT2D eigenvalue weighted by molar-refractivity contribution is 7.17. The van der Waals surface area contributed by atoms with Gasteiger partial charge in [0.25, 0.3) is 0 Å². The smallest absolute Gasteiger partial charge is 0.181 e. The fourth-order valence-electron chi connectivity index (χ4n) is 2.68. The molecule has 4 heterocycles. The lowest BCUT2D eigenvalue weighted by molar-refractivity contribution is 0.122. The summed E-state index contributed by atoms with van der Waals surface area (Å²) in [6.45, 7) is 5.33. The summed E-state index contributed by atoms with van der Waals surface area (Å²) in [6, 6.07) is 5.81. The molecule has 0 radical (unpaired) electrons. The molecule has 0 saturated carbocycles. The quantitative estimate of drug-likeness (QED) is 0.728. The van der Waals surface area contributed by atoms with Crippen molar-refractivity contribution in [3.8, 4) is 11.5 Å². The van der Waals surface area contributed by atoms with E-state index in [1.54, 1.807) is 17.5 Å². The van der Waals surface area contributed by atoms with Crippen LogP contribution in [0.15, 0.2) is 29.8 Å². The lowest BCUT2D eigenvalue weighted by Crippen LogP contribution is -2.37. The van der Waals surface area contributed by atoms with Crippen LogP contribution in [0.4, 0.5) is 5.82 Å². The van der Waals surface area contributed by atoms with E-state index < -0.39 is 0 Å². The molecule has 3 aromatic heterocycles. The van der Waals surface area contributed by atoms with Crippen molar-refractivity contribution in [1.29, 1.82) is 0 Å². The molecule has 3 aromatic rings. The number of aryl methyl sites for hydroxylation is 1. The fourth-order valence-corrected chi connectivity index (χ4v) is 3.59. The molecular formula is C16H16N4OS. The molecule has 0 spiro atoms. The number of hydrogen-bond acceptors (Lipinski definition) is 6. The molecule has 0 unspecified atom stereocenters. The van der Waals surface area contributed by atoms with Gasteiger partial charge < -0.3 is 9.64 Å². The Bertz CT molecular complexity index is 797. The van der Waals surface area contributed by atoms with Crippen molar-refractivity contribution >= 4 is 27.4 Å². The number of fused-ring (bicyclic) bond motifs is 1. The molecule has 6 heteroatoms. The van der Waals surface area contributed by atoms with E-state index in [4.69, 9.17) is 14.7 Å². The number of morpholine rings is 1. The summed E-state index contributed by atoms with van der Waals surface area (Å²) in [7, 11) is 0. The van der Waals surface area contributed by atoms with Crippen molar-refractivity contribution in [2.75, 3.05) is 31.2 Å². The second kappa shape index (κ2) is 5.62. The van der Waals surface area contributed by atoms with Crippen LogP contribution in [-0.4, -0.2) is 41.3 Å². The molecule has 0 aromatic carbocycles. The van der Waals surface area contributed by atoms with Crippen LogP contribution in [0.25, 0.3) is 21.7 Å². The first kappa shape index (κ1) is 13.6. The summed E-state index contributed by atoms with van der Waals surface area (Å²) in [5.74, 6) is 1.70. The summed E-state index contributed by atoms with van der Waals surface area (Å²) in [5, 5.41) is 3.30. The molecule has 112 valence electrons. The number of pyridine rings is 1. The van der Waals surface area contributed by atoms with Gasteiger partial charge >= 0.3 is 0 Å². The predicted molar refractivity (Wildman–Crippen MR) is 88.4 cm³/mol. The second-order valence-electron chi connectivity index (χ2n) is 5.28. The molecule has 0 aliphatic carbocycles. The maximum absolute atomic E-state index is 5.47. The van der Waals surface area contributed by atoms with Gasteiger partial charge in [-0.2, -0.15) is 0 Å². The van der Waals surface area contributed by atoms with Crippen molar-refractivity contribution in [3.63, 3.8) is 0 Å². The molecule has 1 fully saturated rings. The van der Waals surface area contributed by atoms with Crippen molar-refractivity contribution in [1.82, 2.24) is 15.0 Å². The monoisotopic (exact) mass is 312 g/mol. The SMILES string of the molecule is Cc1csc2nc(-c3ccccn3)nc(N3CCOCC3)c12. The van der Waals surface area contributed by atoms with Crippen molar-refractivity contribution < 1.29 is 4.74 Å². The molecule has 0 bridgehead atoms. The van der Waals surface area contributed by atoms with E-state index in [1.807, 2.05) is 18.2 Å². The number of aromatic nitrogens is 3. The van der Waals surface area contributed by atoms with Crippen molar-refractivity contribution in [2.24, 2.45) is 0 Å². The Morgan fingerprint density at radius 2 is 2.05 bits per heavy atom. The molecule has 0 amide bonds. The van der Waals surface area contributed by atoms with Gasteiger partial charge in [0, 0.05) is 19.3 Å². The third-order valence-electron chi connectivity index (χ3n) is 3.80. The maximum atomic E-state index is 5.47. The Kier molecular flexibility index (Phi) is 3.48. The third kappa shape index (κ3) is 2.34. The Morgan fingerprint density at radius 3 is 2.82 bits per heavy atom. The average Bonchev–Trinajstić information content (AvgIpc) is 2.97. The zero-order chi connectivity index (χ0) is 14.9. The summed E-state index contributed by atoms with van der Waals surface area (Å²) in [6.07, 6.45) is 1.77. The molecule has 0 N–H and O–H groups in total. The van der Waals surface area contributed by atoms with E-state index in [9.17, 15) is 0 Å². The largest absolute Gasteiger partial charge is 0.378 e. The fraction of sp³-hybridized carbons (Fsp3) is 0.312. The van der Waals surface area contributed by atoms with Crippen LogP contribution < -0.4 is 4.90 Å². The van der Waals surface area contributed by atoms with Gasteiger partial charge in [0.2, 0.25) is 0 Å². The zero-order valence-electron chi connectivity index (χ0n) is 12.3. The number of anilines is 1. The van der Waals surface area contributed by atoms with Crippen LogP contribution in [0.5, 0.6) is 0 Å². The predicted octanol–water partition coefficient (Wildman–Crippen LogP) is 2.90. The van der Waals surface area contributed by atoms with Gasteiger partial charge in [-0.1, -0.05) is 6.07 Å². The molecular weight excluding hydrogens is 296 g/mol. The normalized spacial score (nSPS) is 15.4. The van der Waals surface area contributed by atoms with E-state index in [2.05, 4.69) is 22.2 Å². The molecule has 0 atom stereocenters. The Morgan fingerprint density at radius 1 is 1.18 bits per heavy atom. The highest BCUT2D eigenvalue weighted by Gasteiger charge is 2.20. The minimum absolute atomic E-state index is 0.691. The maximum Gasteiger partial charge on any atom is 0.181 e. The Hall–Kier alpha value is -2.05. The molecule has 1 aliphatic rings. The number of hydrogen-bond donors (Lipinski definition) is 0. The van der Waals surface area contributed by atoms with Crippen LogP contribution >= 0.6 is 11.3 Å².